The lowest BCUT2D eigenvalue weighted by Crippen LogP contribution is -2.32. The molecular formula is C14H24N2. The third-order valence-corrected chi connectivity index (χ3v) is 3.31. The molecule has 0 fully saturated rings. The van der Waals surface area contributed by atoms with Gasteiger partial charge in [-0.2, -0.15) is 0 Å². The van der Waals surface area contributed by atoms with E-state index in [9.17, 15) is 0 Å². The van der Waals surface area contributed by atoms with E-state index < -0.39 is 0 Å². The second kappa shape index (κ2) is 6.64. The van der Waals surface area contributed by atoms with Crippen molar-refractivity contribution in [3.8, 4) is 0 Å². The van der Waals surface area contributed by atoms with Gasteiger partial charge in [-0.1, -0.05) is 32.8 Å². The fraction of sp³-hybridized carbons (Fsp3) is 0.643. The molecule has 0 saturated carbocycles. The molecule has 0 saturated heterocycles. The first-order chi connectivity index (χ1) is 7.67. The van der Waals surface area contributed by atoms with Crippen LogP contribution < -0.4 is 5.32 Å². The molecule has 1 heterocycles. The second-order valence-corrected chi connectivity index (χ2v) is 4.52. The quantitative estimate of drug-likeness (QED) is 0.795. The van der Waals surface area contributed by atoms with Crippen molar-refractivity contribution in [2.75, 3.05) is 0 Å². The molecule has 0 aliphatic carbocycles. The molecule has 1 unspecified atom stereocenters. The van der Waals surface area contributed by atoms with E-state index in [1.165, 1.54) is 12.8 Å². The van der Waals surface area contributed by atoms with Crippen LogP contribution in [0.2, 0.25) is 0 Å². The van der Waals surface area contributed by atoms with Crippen molar-refractivity contribution in [1.82, 2.24) is 10.3 Å². The first kappa shape index (κ1) is 13.2. The summed E-state index contributed by atoms with van der Waals surface area (Å²) >= 11 is 0. The van der Waals surface area contributed by atoms with Crippen LogP contribution in [-0.2, 0) is 6.54 Å². The number of hydrogen-bond acceptors (Lipinski definition) is 2. The number of nitrogens with one attached hydrogen (secondary N) is 1. The number of hydrogen-bond donors (Lipinski definition) is 1. The van der Waals surface area contributed by atoms with E-state index in [-0.39, 0.29) is 0 Å². The molecule has 1 aromatic rings. The van der Waals surface area contributed by atoms with Gasteiger partial charge in [0.05, 0.1) is 5.69 Å². The monoisotopic (exact) mass is 220 g/mol. The van der Waals surface area contributed by atoms with E-state index in [2.05, 4.69) is 43.2 Å². The standard InChI is InChI=1S/C14H24N2/c1-5-13(6-2)12(4)15-10-14-9-7-8-11(3)16-14/h7-9,12-13,15H,5-6,10H2,1-4H3. The van der Waals surface area contributed by atoms with Crippen LogP contribution in [-0.4, -0.2) is 11.0 Å². The van der Waals surface area contributed by atoms with Gasteiger partial charge in [0, 0.05) is 18.3 Å². The highest BCUT2D eigenvalue weighted by Gasteiger charge is 2.12. The summed E-state index contributed by atoms with van der Waals surface area (Å²) in [5, 5.41) is 3.57. The lowest BCUT2D eigenvalue weighted by atomic mass is 9.95. The Morgan fingerprint density at radius 2 is 1.94 bits per heavy atom. The van der Waals surface area contributed by atoms with Crippen molar-refractivity contribution in [2.24, 2.45) is 5.92 Å². The van der Waals surface area contributed by atoms with Crippen LogP contribution in [0.5, 0.6) is 0 Å². The van der Waals surface area contributed by atoms with Crippen LogP contribution in [0.15, 0.2) is 18.2 Å². The summed E-state index contributed by atoms with van der Waals surface area (Å²) in [5.41, 5.74) is 2.23. The lowest BCUT2D eigenvalue weighted by Gasteiger charge is -2.22. The Hall–Kier alpha value is -0.890. The zero-order valence-corrected chi connectivity index (χ0v) is 11.0. The van der Waals surface area contributed by atoms with Gasteiger partial charge in [-0.25, -0.2) is 0 Å². The Labute approximate surface area is 99.5 Å². The molecule has 1 N–H and O–H groups in total. The summed E-state index contributed by atoms with van der Waals surface area (Å²) < 4.78 is 0. The molecular weight excluding hydrogens is 196 g/mol. The molecule has 0 amide bonds. The zero-order chi connectivity index (χ0) is 12.0. The van der Waals surface area contributed by atoms with E-state index in [1.54, 1.807) is 0 Å². The molecule has 0 bridgehead atoms. The molecule has 1 atom stereocenters. The van der Waals surface area contributed by atoms with Gasteiger partial charge in [0.2, 0.25) is 0 Å². The summed E-state index contributed by atoms with van der Waals surface area (Å²) in [5.74, 6) is 0.768. The molecule has 1 aromatic heterocycles. The summed E-state index contributed by atoms with van der Waals surface area (Å²) in [4.78, 5) is 4.49. The third-order valence-electron chi connectivity index (χ3n) is 3.31. The van der Waals surface area contributed by atoms with Gasteiger partial charge in [-0.05, 0) is 31.9 Å². The predicted molar refractivity (Wildman–Crippen MR) is 69.3 cm³/mol. The number of rotatable bonds is 6. The van der Waals surface area contributed by atoms with Gasteiger partial charge in [-0.3, -0.25) is 4.98 Å². The van der Waals surface area contributed by atoms with Crippen molar-refractivity contribution in [1.29, 1.82) is 0 Å². The minimum atomic E-state index is 0.567. The topological polar surface area (TPSA) is 24.9 Å². The normalized spacial score (nSPS) is 13.1. The average molecular weight is 220 g/mol. The summed E-state index contributed by atoms with van der Waals surface area (Å²) in [6.45, 7) is 9.70. The maximum Gasteiger partial charge on any atom is 0.0544 e. The molecule has 1 rings (SSSR count). The first-order valence-corrected chi connectivity index (χ1v) is 6.33. The van der Waals surface area contributed by atoms with Gasteiger partial charge in [0.1, 0.15) is 0 Å². The van der Waals surface area contributed by atoms with Crippen LogP contribution in [0.4, 0.5) is 0 Å². The predicted octanol–water partition coefficient (Wildman–Crippen LogP) is 3.30. The van der Waals surface area contributed by atoms with Crippen molar-refractivity contribution in [2.45, 2.75) is 53.1 Å². The molecule has 0 aromatic carbocycles. The van der Waals surface area contributed by atoms with Crippen LogP contribution in [0, 0.1) is 12.8 Å². The zero-order valence-electron chi connectivity index (χ0n) is 11.0. The Morgan fingerprint density at radius 1 is 1.25 bits per heavy atom. The largest absolute Gasteiger partial charge is 0.308 e. The molecule has 2 heteroatoms. The Kier molecular flexibility index (Phi) is 5.47. The minimum absolute atomic E-state index is 0.567. The second-order valence-electron chi connectivity index (χ2n) is 4.52. The molecule has 0 radical (unpaired) electrons. The van der Waals surface area contributed by atoms with Gasteiger partial charge in [0.15, 0.2) is 0 Å². The molecule has 0 aliphatic rings. The Bertz CT molecular complexity index is 305. The number of aromatic nitrogens is 1. The van der Waals surface area contributed by atoms with Crippen LogP contribution >= 0.6 is 0 Å². The highest BCUT2D eigenvalue weighted by molar-refractivity contribution is 5.09. The van der Waals surface area contributed by atoms with Crippen LogP contribution in [0.3, 0.4) is 0 Å². The summed E-state index contributed by atoms with van der Waals surface area (Å²) in [7, 11) is 0. The number of aryl methyl sites for hydroxylation is 1. The van der Waals surface area contributed by atoms with Crippen molar-refractivity contribution in [3.63, 3.8) is 0 Å². The fourth-order valence-electron chi connectivity index (χ4n) is 2.13. The van der Waals surface area contributed by atoms with Crippen molar-refractivity contribution >= 4 is 0 Å². The van der Waals surface area contributed by atoms with E-state index in [1.807, 2.05) is 13.0 Å². The summed E-state index contributed by atoms with van der Waals surface area (Å²) in [6, 6.07) is 6.76. The molecule has 0 aliphatic heterocycles. The van der Waals surface area contributed by atoms with Crippen molar-refractivity contribution in [3.05, 3.63) is 29.6 Å². The van der Waals surface area contributed by atoms with E-state index in [4.69, 9.17) is 0 Å². The molecule has 16 heavy (non-hydrogen) atoms. The van der Waals surface area contributed by atoms with Gasteiger partial charge >= 0.3 is 0 Å². The first-order valence-electron chi connectivity index (χ1n) is 6.33. The lowest BCUT2D eigenvalue weighted by molar-refractivity contribution is 0.352. The summed E-state index contributed by atoms with van der Waals surface area (Å²) in [6.07, 6.45) is 2.48. The number of nitrogens with zero attached hydrogens (tertiary/aromatic N) is 1. The SMILES string of the molecule is CCC(CC)C(C)NCc1cccc(C)n1. The van der Waals surface area contributed by atoms with E-state index in [0.29, 0.717) is 6.04 Å². The Balaban J connectivity index is 2.45. The fourth-order valence-corrected chi connectivity index (χ4v) is 2.13. The number of pyridine rings is 1. The molecule has 90 valence electrons. The maximum atomic E-state index is 4.49. The van der Waals surface area contributed by atoms with Crippen LogP contribution in [0.1, 0.15) is 45.0 Å². The highest BCUT2D eigenvalue weighted by atomic mass is 14.9. The third kappa shape index (κ3) is 3.93. The molecule has 2 nitrogen and oxygen atoms in total. The maximum absolute atomic E-state index is 4.49. The van der Waals surface area contributed by atoms with E-state index >= 15 is 0 Å². The Morgan fingerprint density at radius 3 is 2.50 bits per heavy atom. The highest BCUT2D eigenvalue weighted by Crippen LogP contribution is 2.13. The minimum Gasteiger partial charge on any atom is -0.308 e. The molecule has 0 spiro atoms. The smallest absolute Gasteiger partial charge is 0.0544 e. The van der Waals surface area contributed by atoms with E-state index in [0.717, 1.165) is 23.9 Å². The van der Waals surface area contributed by atoms with Crippen LogP contribution in [0.25, 0.3) is 0 Å². The average Bonchev–Trinajstić information content (AvgIpc) is 2.28. The van der Waals surface area contributed by atoms with Crippen molar-refractivity contribution < 1.29 is 0 Å². The van der Waals surface area contributed by atoms with Gasteiger partial charge in [0.25, 0.3) is 0 Å². The van der Waals surface area contributed by atoms with Gasteiger partial charge < -0.3 is 5.32 Å². The van der Waals surface area contributed by atoms with Gasteiger partial charge in [-0.15, -0.1) is 0 Å².